The van der Waals surface area contributed by atoms with E-state index in [1.165, 1.54) is 116 Å². The Kier molecular flexibility index (Phi) is 38.2. The normalized spacial score (nSPS) is 20.1. The molecule has 0 aromatic heterocycles. The van der Waals surface area contributed by atoms with Gasteiger partial charge < -0.3 is 39.4 Å². The molecule has 6 atom stereocenters. The van der Waals surface area contributed by atoms with Crippen LogP contribution in [-0.4, -0.2) is 89.0 Å². The number of carbonyl (C=O) groups excluding carboxylic acids is 2. The monoisotopic (exact) mass is 851 g/mol. The summed E-state index contributed by atoms with van der Waals surface area (Å²) in [6, 6.07) is 0. The molecule has 10 nitrogen and oxygen atoms in total. The predicted molar refractivity (Wildman–Crippen MR) is 242 cm³/mol. The van der Waals surface area contributed by atoms with Crippen molar-refractivity contribution in [2.45, 2.75) is 250 Å². The fraction of sp³-hybridized carbons (Fsp3) is 0.840. The highest BCUT2D eigenvalue weighted by molar-refractivity contribution is 5.70. The lowest BCUT2D eigenvalue weighted by Crippen LogP contribution is -2.59. The van der Waals surface area contributed by atoms with Crippen LogP contribution in [0.3, 0.4) is 0 Å². The van der Waals surface area contributed by atoms with E-state index in [1.807, 2.05) is 0 Å². The molecule has 1 aliphatic heterocycles. The first-order chi connectivity index (χ1) is 29.3. The highest BCUT2D eigenvalue weighted by Gasteiger charge is 2.44. The molecule has 1 saturated heterocycles. The summed E-state index contributed by atoms with van der Waals surface area (Å²) in [5, 5.41) is 40.2. The van der Waals surface area contributed by atoms with Crippen molar-refractivity contribution in [2.75, 3.05) is 19.8 Å². The van der Waals surface area contributed by atoms with Gasteiger partial charge in [0.25, 0.3) is 0 Å². The zero-order valence-corrected chi connectivity index (χ0v) is 38.2. The maximum atomic E-state index is 12.8. The summed E-state index contributed by atoms with van der Waals surface area (Å²) in [5.74, 6) is -0.810. The van der Waals surface area contributed by atoms with E-state index in [4.69, 9.17) is 18.9 Å². The second-order valence-corrected chi connectivity index (χ2v) is 16.9. The van der Waals surface area contributed by atoms with E-state index in [0.717, 1.165) is 64.2 Å². The average Bonchev–Trinajstić information content (AvgIpc) is 3.25. The Morgan fingerprint density at radius 3 is 1.48 bits per heavy atom. The topological polar surface area (TPSA) is 152 Å². The molecule has 0 bridgehead atoms. The zero-order chi connectivity index (χ0) is 43.7. The third-order valence-corrected chi connectivity index (χ3v) is 11.3. The molecule has 1 heterocycles. The molecule has 350 valence electrons. The summed E-state index contributed by atoms with van der Waals surface area (Å²) in [4.78, 5) is 25.4. The van der Waals surface area contributed by atoms with Gasteiger partial charge in [-0.3, -0.25) is 9.59 Å². The number of ether oxygens (including phenoxy) is 4. The van der Waals surface area contributed by atoms with Crippen molar-refractivity contribution < 1.29 is 49.0 Å². The summed E-state index contributed by atoms with van der Waals surface area (Å²) in [5.41, 5.74) is 0. The largest absolute Gasteiger partial charge is 0.462 e. The fourth-order valence-electron chi connectivity index (χ4n) is 7.44. The second-order valence-electron chi connectivity index (χ2n) is 16.9. The first-order valence-corrected chi connectivity index (χ1v) is 24.6. The van der Waals surface area contributed by atoms with Gasteiger partial charge in [-0.15, -0.1) is 0 Å². The molecular formula is C50H90O10. The number of hydrogen-bond donors (Lipinski definition) is 4. The minimum Gasteiger partial charge on any atom is -0.462 e. The fourth-order valence-corrected chi connectivity index (χ4v) is 7.44. The highest BCUT2D eigenvalue weighted by atomic mass is 16.7. The Morgan fingerprint density at radius 1 is 0.533 bits per heavy atom. The first kappa shape index (κ1) is 55.9. The molecule has 1 rings (SSSR count). The number of aliphatic hydroxyl groups is 4. The summed E-state index contributed by atoms with van der Waals surface area (Å²) < 4.78 is 22.2. The van der Waals surface area contributed by atoms with Crippen LogP contribution in [-0.2, 0) is 28.5 Å². The quantitative estimate of drug-likeness (QED) is 0.0266. The van der Waals surface area contributed by atoms with Gasteiger partial charge in [0.15, 0.2) is 12.4 Å². The highest BCUT2D eigenvalue weighted by Crippen LogP contribution is 2.23. The van der Waals surface area contributed by atoms with E-state index < -0.39 is 49.4 Å². The number of unbranched alkanes of at least 4 members (excludes halogenated alkanes) is 24. The molecule has 0 spiro atoms. The van der Waals surface area contributed by atoms with Gasteiger partial charge in [0.2, 0.25) is 0 Å². The van der Waals surface area contributed by atoms with Gasteiger partial charge in [-0.2, -0.15) is 0 Å². The SMILES string of the molecule is CC/C=C\C/C=C\C/C=C\CCCCCCCCCC(=O)OC(COC(=O)CCCCCCCCCCCCCCCCCCCC)COC1OC(CO)C(O)C(O)C1O. The summed E-state index contributed by atoms with van der Waals surface area (Å²) in [7, 11) is 0. The maximum Gasteiger partial charge on any atom is 0.306 e. The Balaban J connectivity index is 2.28. The van der Waals surface area contributed by atoms with Crippen LogP contribution in [0, 0.1) is 0 Å². The molecule has 4 N–H and O–H groups in total. The van der Waals surface area contributed by atoms with Crippen molar-refractivity contribution in [3.63, 3.8) is 0 Å². The van der Waals surface area contributed by atoms with Gasteiger partial charge in [-0.1, -0.05) is 192 Å². The lowest BCUT2D eigenvalue weighted by molar-refractivity contribution is -0.305. The Bertz CT molecular complexity index is 1080. The van der Waals surface area contributed by atoms with E-state index in [-0.39, 0.29) is 32.0 Å². The second kappa shape index (κ2) is 41.0. The molecule has 0 radical (unpaired) electrons. The van der Waals surface area contributed by atoms with E-state index in [9.17, 15) is 30.0 Å². The number of carbonyl (C=O) groups is 2. The van der Waals surface area contributed by atoms with Gasteiger partial charge in [0, 0.05) is 12.8 Å². The molecule has 0 amide bonds. The van der Waals surface area contributed by atoms with Crippen molar-refractivity contribution in [2.24, 2.45) is 0 Å². The van der Waals surface area contributed by atoms with Crippen molar-refractivity contribution in [1.29, 1.82) is 0 Å². The Labute approximate surface area is 366 Å². The third kappa shape index (κ3) is 31.7. The standard InChI is InChI=1S/C50H90O10/c1-3-5-7-9-11-13-15-17-19-21-23-24-26-28-30-32-34-36-38-45(52)57-41-43(42-58-50-49(56)48(55)47(54)44(40-51)60-50)59-46(53)39-37-35-33-31-29-27-25-22-20-18-16-14-12-10-8-6-4-2/h6,8,12,14,18,20,43-44,47-51,54-56H,3-5,7,9-11,13,15-17,19,21-42H2,1-2H3/b8-6-,14-12-,20-18-. The third-order valence-electron chi connectivity index (χ3n) is 11.3. The Morgan fingerprint density at radius 2 is 0.983 bits per heavy atom. The van der Waals surface area contributed by atoms with Crippen LogP contribution in [0.15, 0.2) is 36.5 Å². The van der Waals surface area contributed by atoms with Crippen LogP contribution in [0.5, 0.6) is 0 Å². The van der Waals surface area contributed by atoms with Crippen molar-refractivity contribution in [1.82, 2.24) is 0 Å². The van der Waals surface area contributed by atoms with Crippen molar-refractivity contribution >= 4 is 11.9 Å². The van der Waals surface area contributed by atoms with Crippen LogP contribution in [0.25, 0.3) is 0 Å². The number of allylic oxidation sites excluding steroid dienone is 6. The lowest BCUT2D eigenvalue weighted by Gasteiger charge is -2.39. The molecule has 1 fully saturated rings. The first-order valence-electron chi connectivity index (χ1n) is 24.6. The van der Waals surface area contributed by atoms with Crippen LogP contribution in [0.1, 0.15) is 213 Å². The molecule has 1 aliphatic rings. The lowest BCUT2D eigenvalue weighted by atomic mass is 9.99. The van der Waals surface area contributed by atoms with Gasteiger partial charge in [0.1, 0.15) is 31.0 Å². The summed E-state index contributed by atoms with van der Waals surface area (Å²) in [6.45, 7) is 3.33. The van der Waals surface area contributed by atoms with E-state index in [1.54, 1.807) is 0 Å². The van der Waals surface area contributed by atoms with Crippen molar-refractivity contribution in [3.05, 3.63) is 36.5 Å². The molecule has 0 aliphatic carbocycles. The molecule has 0 saturated carbocycles. The van der Waals surface area contributed by atoms with Gasteiger partial charge in [-0.05, 0) is 44.9 Å². The molecule has 6 unspecified atom stereocenters. The zero-order valence-electron chi connectivity index (χ0n) is 38.2. The molecular weight excluding hydrogens is 761 g/mol. The van der Waals surface area contributed by atoms with Crippen LogP contribution in [0.2, 0.25) is 0 Å². The molecule has 10 heteroatoms. The van der Waals surface area contributed by atoms with Crippen molar-refractivity contribution in [3.8, 4) is 0 Å². The number of esters is 2. The smallest absolute Gasteiger partial charge is 0.306 e. The van der Waals surface area contributed by atoms with Crippen LogP contribution < -0.4 is 0 Å². The average molecular weight is 851 g/mol. The maximum absolute atomic E-state index is 12.8. The Hall–Kier alpha value is -2.08. The molecule has 0 aromatic rings. The van der Waals surface area contributed by atoms with Gasteiger partial charge in [-0.25, -0.2) is 0 Å². The van der Waals surface area contributed by atoms with E-state index >= 15 is 0 Å². The number of rotatable bonds is 41. The number of hydrogen-bond acceptors (Lipinski definition) is 10. The minimum absolute atomic E-state index is 0.219. The molecule has 0 aromatic carbocycles. The number of aliphatic hydroxyl groups excluding tert-OH is 4. The molecule has 60 heavy (non-hydrogen) atoms. The van der Waals surface area contributed by atoms with Gasteiger partial charge in [0.05, 0.1) is 13.2 Å². The minimum atomic E-state index is -1.60. The van der Waals surface area contributed by atoms with Gasteiger partial charge >= 0.3 is 11.9 Å². The predicted octanol–water partition coefficient (Wildman–Crippen LogP) is 11.1. The van der Waals surface area contributed by atoms with Crippen LogP contribution >= 0.6 is 0 Å². The summed E-state index contributed by atoms with van der Waals surface area (Å²) >= 11 is 0. The summed E-state index contributed by atoms with van der Waals surface area (Å²) in [6.07, 6.45) is 40.0. The van der Waals surface area contributed by atoms with E-state index in [0.29, 0.717) is 6.42 Å². The van der Waals surface area contributed by atoms with Crippen LogP contribution in [0.4, 0.5) is 0 Å². The van der Waals surface area contributed by atoms with E-state index in [2.05, 4.69) is 50.3 Å².